The molecule has 2 heterocycles. The molecular formula is C19H22N2O2. The van der Waals surface area contributed by atoms with E-state index in [4.69, 9.17) is 0 Å². The Morgan fingerprint density at radius 2 is 1.48 bits per heavy atom. The van der Waals surface area contributed by atoms with E-state index in [1.54, 1.807) is 16.9 Å². The van der Waals surface area contributed by atoms with Crippen molar-refractivity contribution in [3.8, 4) is 11.8 Å². The summed E-state index contributed by atoms with van der Waals surface area (Å²) < 4.78 is 0. The van der Waals surface area contributed by atoms with Crippen molar-refractivity contribution >= 4 is 11.8 Å². The molecule has 0 N–H and O–H groups in total. The molecule has 0 bridgehead atoms. The molecule has 2 aliphatic heterocycles. The molecule has 0 atom stereocenters. The van der Waals surface area contributed by atoms with Crippen LogP contribution in [-0.4, -0.2) is 34.9 Å². The Hall–Kier alpha value is -2.28. The molecule has 4 heteroatoms. The zero-order valence-corrected chi connectivity index (χ0v) is 14.0. The lowest BCUT2D eigenvalue weighted by atomic mass is 9.88. The second-order valence-electron chi connectivity index (χ2n) is 6.32. The Kier molecular flexibility index (Phi) is 4.12. The van der Waals surface area contributed by atoms with Crippen molar-refractivity contribution in [1.29, 1.82) is 0 Å². The van der Waals surface area contributed by atoms with Crippen molar-refractivity contribution in [2.24, 2.45) is 0 Å². The summed E-state index contributed by atoms with van der Waals surface area (Å²) in [6.45, 7) is 7.03. The molecule has 2 amide bonds. The predicted octanol–water partition coefficient (Wildman–Crippen LogP) is 2.53. The van der Waals surface area contributed by atoms with E-state index in [0.29, 0.717) is 13.1 Å². The molecule has 2 aliphatic rings. The fourth-order valence-electron chi connectivity index (χ4n) is 3.70. The summed E-state index contributed by atoms with van der Waals surface area (Å²) in [5.41, 5.74) is 3.72. The van der Waals surface area contributed by atoms with Crippen molar-refractivity contribution in [3.63, 3.8) is 0 Å². The van der Waals surface area contributed by atoms with Gasteiger partial charge in [-0.2, -0.15) is 0 Å². The van der Waals surface area contributed by atoms with Crippen LogP contribution in [0, 0.1) is 25.7 Å². The quantitative estimate of drug-likeness (QED) is 0.591. The molecule has 2 fully saturated rings. The average Bonchev–Trinajstić information content (AvgIpc) is 2.70. The average molecular weight is 310 g/mol. The summed E-state index contributed by atoms with van der Waals surface area (Å²) in [5, 5.41) is 3.33. The van der Waals surface area contributed by atoms with Crippen LogP contribution in [0.2, 0.25) is 0 Å². The summed E-state index contributed by atoms with van der Waals surface area (Å²) >= 11 is 0. The monoisotopic (exact) mass is 310 g/mol. The highest BCUT2D eigenvalue weighted by molar-refractivity contribution is 6.10. The van der Waals surface area contributed by atoms with Gasteiger partial charge in [0.05, 0.1) is 0 Å². The van der Waals surface area contributed by atoms with E-state index in [-0.39, 0.29) is 11.8 Å². The molecule has 23 heavy (non-hydrogen) atoms. The van der Waals surface area contributed by atoms with Gasteiger partial charge in [0.2, 0.25) is 0 Å². The molecular weight excluding hydrogens is 288 g/mol. The fraction of sp³-hybridized carbons (Fsp3) is 0.474. The normalized spacial score (nSPS) is 18.6. The Labute approximate surface area is 137 Å². The zero-order chi connectivity index (χ0) is 16.6. The van der Waals surface area contributed by atoms with Gasteiger partial charge in [0.25, 0.3) is 11.8 Å². The molecule has 0 aliphatic carbocycles. The minimum atomic E-state index is -0.684. The number of carbonyl (C=O) groups excluding carboxylic acids is 2. The SMILES string of the molecule is CC#Cc1cc(C)c(C2C(=O)N3CCCCCN3C2=O)c(C)c1. The topological polar surface area (TPSA) is 40.6 Å². The number of aryl methyl sites for hydroxylation is 2. The maximum absolute atomic E-state index is 12.9. The van der Waals surface area contributed by atoms with Crippen molar-refractivity contribution in [2.75, 3.05) is 13.1 Å². The van der Waals surface area contributed by atoms with Crippen LogP contribution in [0.1, 0.15) is 54.4 Å². The fourth-order valence-corrected chi connectivity index (χ4v) is 3.70. The van der Waals surface area contributed by atoms with Crippen LogP contribution in [0.15, 0.2) is 12.1 Å². The number of rotatable bonds is 1. The minimum Gasteiger partial charge on any atom is -0.272 e. The molecule has 0 saturated carbocycles. The first-order valence-corrected chi connectivity index (χ1v) is 8.21. The van der Waals surface area contributed by atoms with Crippen LogP contribution >= 0.6 is 0 Å². The Morgan fingerprint density at radius 3 is 1.96 bits per heavy atom. The number of amides is 2. The van der Waals surface area contributed by atoms with Crippen LogP contribution in [0.25, 0.3) is 0 Å². The summed E-state index contributed by atoms with van der Waals surface area (Å²) in [7, 11) is 0. The summed E-state index contributed by atoms with van der Waals surface area (Å²) in [6, 6.07) is 3.94. The van der Waals surface area contributed by atoms with Gasteiger partial charge in [0.1, 0.15) is 5.92 Å². The number of carbonyl (C=O) groups is 2. The second kappa shape index (κ2) is 6.08. The lowest BCUT2D eigenvalue weighted by molar-refractivity contribution is -0.145. The number of hydrogen-bond acceptors (Lipinski definition) is 2. The van der Waals surface area contributed by atoms with Crippen LogP contribution in [0.4, 0.5) is 0 Å². The summed E-state index contributed by atoms with van der Waals surface area (Å²) in [4.78, 5) is 25.7. The van der Waals surface area contributed by atoms with Crippen molar-refractivity contribution < 1.29 is 9.59 Å². The highest BCUT2D eigenvalue weighted by Gasteiger charge is 2.47. The molecule has 0 aromatic heterocycles. The standard InChI is InChI=1S/C19H22N2O2/c1-4-8-15-11-13(2)16(14(3)12-15)17-18(22)20-9-6-5-7-10-21(20)19(17)23/h11-12,17H,5-7,9-10H2,1-3H3. The first-order valence-electron chi connectivity index (χ1n) is 8.21. The predicted molar refractivity (Wildman–Crippen MR) is 88.5 cm³/mol. The van der Waals surface area contributed by atoms with Gasteiger partial charge < -0.3 is 0 Å². The highest BCUT2D eigenvalue weighted by atomic mass is 16.2. The zero-order valence-electron chi connectivity index (χ0n) is 14.0. The molecule has 0 radical (unpaired) electrons. The van der Waals surface area contributed by atoms with E-state index in [9.17, 15) is 9.59 Å². The van der Waals surface area contributed by atoms with E-state index in [1.165, 1.54) is 0 Å². The molecule has 1 aromatic rings. The smallest absolute Gasteiger partial charge is 0.258 e. The number of hydrazine groups is 1. The molecule has 120 valence electrons. The Bertz CT molecular complexity index is 680. The van der Waals surface area contributed by atoms with Gasteiger partial charge in [0.15, 0.2) is 0 Å². The van der Waals surface area contributed by atoms with E-state index in [2.05, 4.69) is 11.8 Å². The van der Waals surface area contributed by atoms with Crippen LogP contribution in [0.5, 0.6) is 0 Å². The van der Waals surface area contributed by atoms with Gasteiger partial charge in [0, 0.05) is 18.7 Å². The van der Waals surface area contributed by atoms with Crippen LogP contribution in [0.3, 0.4) is 0 Å². The van der Waals surface area contributed by atoms with E-state index in [1.807, 2.05) is 26.0 Å². The summed E-state index contributed by atoms with van der Waals surface area (Å²) in [6.07, 6.45) is 3.00. The molecule has 2 saturated heterocycles. The second-order valence-corrected chi connectivity index (χ2v) is 6.32. The van der Waals surface area contributed by atoms with Crippen molar-refractivity contribution in [2.45, 2.75) is 46.0 Å². The van der Waals surface area contributed by atoms with Gasteiger partial charge in [-0.15, -0.1) is 5.92 Å². The lowest BCUT2D eigenvalue weighted by Gasteiger charge is -2.24. The van der Waals surface area contributed by atoms with E-state index < -0.39 is 5.92 Å². The number of hydrogen-bond donors (Lipinski definition) is 0. The first kappa shape index (κ1) is 15.6. The molecule has 0 spiro atoms. The maximum atomic E-state index is 12.9. The third-order valence-electron chi connectivity index (χ3n) is 4.69. The number of benzene rings is 1. The Morgan fingerprint density at radius 1 is 0.957 bits per heavy atom. The number of fused-ring (bicyclic) bond motifs is 1. The van der Waals surface area contributed by atoms with Crippen LogP contribution in [-0.2, 0) is 9.59 Å². The van der Waals surface area contributed by atoms with Gasteiger partial charge in [-0.05, 0) is 68.9 Å². The van der Waals surface area contributed by atoms with E-state index in [0.717, 1.165) is 41.5 Å². The lowest BCUT2D eigenvalue weighted by Crippen LogP contribution is -2.40. The van der Waals surface area contributed by atoms with Gasteiger partial charge in [-0.1, -0.05) is 5.92 Å². The van der Waals surface area contributed by atoms with Gasteiger partial charge in [-0.3, -0.25) is 19.6 Å². The van der Waals surface area contributed by atoms with Gasteiger partial charge >= 0.3 is 0 Å². The van der Waals surface area contributed by atoms with E-state index >= 15 is 0 Å². The van der Waals surface area contributed by atoms with Crippen molar-refractivity contribution in [1.82, 2.24) is 10.0 Å². The van der Waals surface area contributed by atoms with Gasteiger partial charge in [-0.25, -0.2) is 0 Å². The summed E-state index contributed by atoms with van der Waals surface area (Å²) in [5.74, 6) is 5.11. The minimum absolute atomic E-state index is 0.0718. The Balaban J connectivity index is 2.03. The first-order chi connectivity index (χ1) is 11.0. The third-order valence-corrected chi connectivity index (χ3v) is 4.69. The molecule has 4 nitrogen and oxygen atoms in total. The molecule has 3 rings (SSSR count). The maximum Gasteiger partial charge on any atom is 0.258 e. The van der Waals surface area contributed by atoms with Crippen LogP contribution < -0.4 is 0 Å². The molecule has 1 aromatic carbocycles. The third kappa shape index (κ3) is 2.61. The number of nitrogens with zero attached hydrogens (tertiary/aromatic N) is 2. The van der Waals surface area contributed by atoms with Crippen molar-refractivity contribution in [3.05, 3.63) is 34.4 Å². The largest absolute Gasteiger partial charge is 0.272 e. The highest BCUT2D eigenvalue weighted by Crippen LogP contribution is 2.35. The molecule has 0 unspecified atom stereocenters.